The second-order valence-electron chi connectivity index (χ2n) is 5.37. The molecule has 1 saturated heterocycles. The number of likely N-dealkylation sites (tertiary alicyclic amines) is 1. The molecule has 0 bridgehead atoms. The predicted octanol–water partition coefficient (Wildman–Crippen LogP) is 0.543. The molecule has 0 aromatic rings. The maximum atomic E-state index is 11.7. The molecule has 6 nitrogen and oxygen atoms in total. The highest BCUT2D eigenvalue weighted by Crippen LogP contribution is 2.21. The van der Waals surface area contributed by atoms with Gasteiger partial charge in [-0.2, -0.15) is 0 Å². The molecule has 2 atom stereocenters. The van der Waals surface area contributed by atoms with Crippen molar-refractivity contribution >= 4 is 16.1 Å². The van der Waals surface area contributed by atoms with E-state index in [0.29, 0.717) is 6.54 Å². The second kappa shape index (κ2) is 4.45. The normalized spacial score (nSPS) is 25.4. The van der Waals surface area contributed by atoms with Gasteiger partial charge in [0.2, 0.25) is 10.0 Å². The average Bonchev–Trinajstić information content (AvgIpc) is 2.06. The molecule has 0 saturated carbocycles. The lowest BCUT2D eigenvalue weighted by atomic mass is 10.0. The van der Waals surface area contributed by atoms with Gasteiger partial charge in [-0.3, -0.25) is 0 Å². The molecule has 17 heavy (non-hydrogen) atoms. The number of rotatable bonds is 2. The van der Waals surface area contributed by atoms with Crippen molar-refractivity contribution in [3.8, 4) is 0 Å². The second-order valence-corrected chi connectivity index (χ2v) is 7.15. The van der Waals surface area contributed by atoms with Crippen molar-refractivity contribution in [3.63, 3.8) is 0 Å². The van der Waals surface area contributed by atoms with Gasteiger partial charge in [0.25, 0.3) is 0 Å². The molecule has 1 heterocycles. The van der Waals surface area contributed by atoms with Crippen molar-refractivity contribution < 1.29 is 17.9 Å². The van der Waals surface area contributed by atoms with E-state index in [0.717, 1.165) is 6.26 Å². The number of nitrogens with one attached hydrogen (secondary N) is 1. The fourth-order valence-electron chi connectivity index (χ4n) is 1.58. The van der Waals surface area contributed by atoms with Gasteiger partial charge in [0.15, 0.2) is 0 Å². The van der Waals surface area contributed by atoms with Crippen LogP contribution in [0.3, 0.4) is 0 Å². The van der Waals surface area contributed by atoms with E-state index in [2.05, 4.69) is 4.72 Å². The molecule has 0 aliphatic carbocycles. The minimum Gasteiger partial charge on any atom is -0.444 e. The monoisotopic (exact) mass is 264 g/mol. The van der Waals surface area contributed by atoms with Crippen LogP contribution in [0.4, 0.5) is 4.79 Å². The van der Waals surface area contributed by atoms with Gasteiger partial charge < -0.3 is 9.64 Å². The molecule has 1 amide bonds. The number of carbonyl (C=O) groups is 1. The largest absolute Gasteiger partial charge is 0.444 e. The smallest absolute Gasteiger partial charge is 0.410 e. The summed E-state index contributed by atoms with van der Waals surface area (Å²) in [5, 5.41) is 0. The molecule has 0 spiro atoms. The Labute approximate surface area is 102 Å². The lowest BCUT2D eigenvalue weighted by Gasteiger charge is -2.45. The zero-order valence-corrected chi connectivity index (χ0v) is 11.7. The van der Waals surface area contributed by atoms with Crippen LogP contribution in [0, 0.1) is 0 Å². The standard InChI is InChI=1S/C10H20N2O4S/c1-7-8(11-17(5,14)15)6-12(7)9(13)16-10(2,3)4/h7-8,11H,6H2,1-5H3/t7-,8-/m1/s1. The number of ether oxygens (including phenoxy) is 1. The summed E-state index contributed by atoms with van der Waals surface area (Å²) >= 11 is 0. The molecule has 100 valence electrons. The van der Waals surface area contributed by atoms with Gasteiger partial charge in [-0.1, -0.05) is 0 Å². The number of carbonyl (C=O) groups excluding carboxylic acids is 1. The van der Waals surface area contributed by atoms with Crippen LogP contribution in [-0.2, 0) is 14.8 Å². The summed E-state index contributed by atoms with van der Waals surface area (Å²) in [6, 6.07) is -0.405. The third-order valence-corrected chi connectivity index (χ3v) is 3.19. The van der Waals surface area contributed by atoms with E-state index in [1.165, 1.54) is 4.90 Å². The van der Waals surface area contributed by atoms with E-state index in [1.54, 1.807) is 27.7 Å². The van der Waals surface area contributed by atoms with Gasteiger partial charge >= 0.3 is 6.09 Å². The minimum absolute atomic E-state index is 0.181. The molecule has 0 radical (unpaired) electrons. The summed E-state index contributed by atoms with van der Waals surface area (Å²) in [7, 11) is -3.23. The third-order valence-electron chi connectivity index (χ3n) is 2.46. The molecule has 0 unspecified atom stereocenters. The minimum atomic E-state index is -3.23. The van der Waals surface area contributed by atoms with Crippen LogP contribution in [0.15, 0.2) is 0 Å². The highest BCUT2D eigenvalue weighted by atomic mass is 32.2. The third kappa shape index (κ3) is 4.16. The van der Waals surface area contributed by atoms with Gasteiger partial charge in [0.1, 0.15) is 5.60 Å². The van der Waals surface area contributed by atoms with E-state index in [4.69, 9.17) is 4.74 Å². The summed E-state index contributed by atoms with van der Waals surface area (Å²) in [4.78, 5) is 13.2. The number of hydrogen-bond donors (Lipinski definition) is 1. The fraction of sp³-hybridized carbons (Fsp3) is 0.900. The van der Waals surface area contributed by atoms with Crippen molar-refractivity contribution in [2.45, 2.75) is 45.4 Å². The van der Waals surface area contributed by atoms with E-state index < -0.39 is 21.7 Å². The van der Waals surface area contributed by atoms with Crippen molar-refractivity contribution in [1.82, 2.24) is 9.62 Å². The maximum Gasteiger partial charge on any atom is 0.410 e. The quantitative estimate of drug-likeness (QED) is 0.790. The molecule has 0 aromatic carbocycles. The lowest BCUT2D eigenvalue weighted by Crippen LogP contribution is -2.67. The Kier molecular flexibility index (Phi) is 3.73. The topological polar surface area (TPSA) is 75.7 Å². The van der Waals surface area contributed by atoms with Crippen molar-refractivity contribution in [2.24, 2.45) is 0 Å². The molecule has 1 rings (SSSR count). The van der Waals surface area contributed by atoms with Crippen LogP contribution in [0.25, 0.3) is 0 Å². The first-order chi connectivity index (χ1) is 7.49. The van der Waals surface area contributed by atoms with Gasteiger partial charge in [-0.25, -0.2) is 17.9 Å². The number of nitrogens with zero attached hydrogens (tertiary/aromatic N) is 1. The van der Waals surface area contributed by atoms with Crippen molar-refractivity contribution in [1.29, 1.82) is 0 Å². The Morgan fingerprint density at radius 2 is 1.94 bits per heavy atom. The van der Waals surface area contributed by atoms with Gasteiger partial charge in [0, 0.05) is 6.54 Å². The Morgan fingerprint density at radius 3 is 2.29 bits per heavy atom. The van der Waals surface area contributed by atoms with Gasteiger partial charge in [-0.15, -0.1) is 0 Å². The highest BCUT2D eigenvalue weighted by molar-refractivity contribution is 7.88. The van der Waals surface area contributed by atoms with Gasteiger partial charge in [0.05, 0.1) is 18.3 Å². The summed E-state index contributed by atoms with van der Waals surface area (Å²) < 4.78 is 29.8. The summed E-state index contributed by atoms with van der Waals surface area (Å²) in [5.41, 5.74) is -0.536. The van der Waals surface area contributed by atoms with Crippen LogP contribution < -0.4 is 4.72 Å². The molecule has 1 N–H and O–H groups in total. The van der Waals surface area contributed by atoms with Crippen molar-refractivity contribution in [3.05, 3.63) is 0 Å². The summed E-state index contributed by atoms with van der Waals surface area (Å²) in [5.74, 6) is 0. The predicted molar refractivity (Wildman–Crippen MR) is 64.2 cm³/mol. The Morgan fingerprint density at radius 1 is 1.41 bits per heavy atom. The van der Waals surface area contributed by atoms with Crippen LogP contribution in [0.1, 0.15) is 27.7 Å². The average molecular weight is 264 g/mol. The van der Waals surface area contributed by atoms with E-state index in [9.17, 15) is 13.2 Å². The number of hydrogen-bond acceptors (Lipinski definition) is 4. The molecule has 1 fully saturated rings. The first kappa shape index (κ1) is 14.2. The molecular formula is C10H20N2O4S. The highest BCUT2D eigenvalue weighted by Gasteiger charge is 2.41. The van der Waals surface area contributed by atoms with Crippen molar-refractivity contribution in [2.75, 3.05) is 12.8 Å². The Balaban J connectivity index is 2.50. The Bertz CT molecular complexity index is 399. The van der Waals surface area contributed by atoms with Crippen LogP contribution in [-0.4, -0.2) is 49.9 Å². The molecule has 1 aliphatic heterocycles. The number of amides is 1. The Hall–Kier alpha value is -0.820. The van der Waals surface area contributed by atoms with E-state index in [1.807, 2.05) is 0 Å². The summed E-state index contributed by atoms with van der Waals surface area (Å²) in [6.45, 7) is 7.52. The molecular weight excluding hydrogens is 244 g/mol. The summed E-state index contributed by atoms with van der Waals surface area (Å²) in [6.07, 6.45) is 0.701. The lowest BCUT2D eigenvalue weighted by molar-refractivity contribution is -0.0109. The zero-order valence-electron chi connectivity index (χ0n) is 10.9. The molecule has 0 aromatic heterocycles. The number of sulfonamides is 1. The SMILES string of the molecule is C[C@@H]1[C@H](NS(C)(=O)=O)CN1C(=O)OC(C)(C)C. The van der Waals surface area contributed by atoms with Crippen LogP contribution in [0.2, 0.25) is 0 Å². The first-order valence-electron chi connectivity index (χ1n) is 5.46. The maximum absolute atomic E-state index is 11.7. The molecule has 1 aliphatic rings. The van der Waals surface area contributed by atoms with Crippen LogP contribution in [0.5, 0.6) is 0 Å². The van der Waals surface area contributed by atoms with E-state index >= 15 is 0 Å². The first-order valence-corrected chi connectivity index (χ1v) is 7.36. The fourth-order valence-corrected chi connectivity index (χ4v) is 2.40. The molecule has 7 heteroatoms. The van der Waals surface area contributed by atoms with E-state index in [-0.39, 0.29) is 12.1 Å². The van der Waals surface area contributed by atoms with Crippen LogP contribution >= 0.6 is 0 Å². The van der Waals surface area contributed by atoms with Gasteiger partial charge in [-0.05, 0) is 27.7 Å². The zero-order chi connectivity index (χ0) is 13.4.